The Hall–Kier alpha value is -2.43. The van der Waals surface area contributed by atoms with Gasteiger partial charge in [-0.25, -0.2) is 4.39 Å². The van der Waals surface area contributed by atoms with Crippen LogP contribution in [-0.2, 0) is 11.2 Å². The number of carbonyl (C=O) groups excluding carboxylic acids is 1. The number of amides is 1. The number of nitrogens with one attached hydrogen (secondary N) is 1. The summed E-state index contributed by atoms with van der Waals surface area (Å²) in [6.07, 6.45) is 2.51. The fourth-order valence-corrected chi connectivity index (χ4v) is 2.57. The van der Waals surface area contributed by atoms with Crippen LogP contribution >= 0.6 is 0 Å². The van der Waals surface area contributed by atoms with E-state index in [1.165, 1.54) is 12.1 Å². The van der Waals surface area contributed by atoms with E-state index in [1.54, 1.807) is 13.1 Å². The Morgan fingerprint density at radius 1 is 1.45 bits per heavy atom. The van der Waals surface area contributed by atoms with Crippen molar-refractivity contribution < 1.29 is 13.9 Å². The average Bonchev–Trinajstić information content (AvgIpc) is 2.95. The van der Waals surface area contributed by atoms with Crippen LogP contribution in [-0.4, -0.2) is 23.5 Å². The summed E-state index contributed by atoms with van der Waals surface area (Å²) in [5.41, 5.74) is 2.15. The van der Waals surface area contributed by atoms with Gasteiger partial charge in [0.15, 0.2) is 0 Å². The first kappa shape index (κ1) is 14.5. The van der Waals surface area contributed by atoms with E-state index < -0.39 is 0 Å². The Morgan fingerprint density at radius 3 is 3.05 bits per heavy atom. The number of rotatable bonds is 4. The maximum Gasteiger partial charge on any atom is 0.219 e. The average molecular weight is 300 g/mol. The number of halogens is 1. The van der Waals surface area contributed by atoms with Crippen molar-refractivity contribution in [3.63, 3.8) is 0 Å². The maximum atomic E-state index is 13.9. The predicted octanol–water partition coefficient (Wildman–Crippen LogP) is 2.72. The first-order chi connectivity index (χ1) is 10.7. The first-order valence-corrected chi connectivity index (χ1v) is 7.34. The monoisotopic (exact) mass is 300 g/mol. The third-order valence-electron chi connectivity index (χ3n) is 3.65. The molecule has 0 spiro atoms. The van der Waals surface area contributed by atoms with Gasteiger partial charge in [-0.1, -0.05) is 13.0 Å². The summed E-state index contributed by atoms with van der Waals surface area (Å²) in [7, 11) is 0. The number of ether oxygens (including phenoxy) is 1. The number of hydrogen-bond acceptors (Lipinski definition) is 3. The van der Waals surface area contributed by atoms with Crippen molar-refractivity contribution in [1.29, 1.82) is 0 Å². The highest BCUT2D eigenvalue weighted by molar-refractivity contribution is 5.75. The molecule has 1 N–H and O–H groups in total. The number of nitrogens with zero attached hydrogens (tertiary/aromatic N) is 1. The molecule has 1 aromatic carbocycles. The molecule has 1 aliphatic rings. The molecule has 0 bridgehead atoms. The van der Waals surface area contributed by atoms with Crippen LogP contribution < -0.4 is 10.1 Å². The van der Waals surface area contributed by atoms with Gasteiger partial charge in [-0.3, -0.25) is 9.78 Å². The molecule has 0 aliphatic carbocycles. The molecule has 4 nitrogen and oxygen atoms in total. The minimum absolute atomic E-state index is 0.0179. The van der Waals surface area contributed by atoms with Crippen LogP contribution in [0.5, 0.6) is 5.75 Å². The molecule has 3 rings (SSSR count). The minimum Gasteiger partial charge on any atom is -0.487 e. The van der Waals surface area contributed by atoms with Crippen LogP contribution in [0, 0.1) is 5.82 Å². The van der Waals surface area contributed by atoms with Crippen LogP contribution in [0.2, 0.25) is 0 Å². The van der Waals surface area contributed by atoms with Gasteiger partial charge >= 0.3 is 0 Å². The second kappa shape index (κ2) is 6.13. The Kier molecular flexibility index (Phi) is 4.04. The van der Waals surface area contributed by atoms with Gasteiger partial charge in [0.25, 0.3) is 0 Å². The van der Waals surface area contributed by atoms with Crippen LogP contribution in [0.25, 0.3) is 11.3 Å². The summed E-state index contributed by atoms with van der Waals surface area (Å²) in [4.78, 5) is 15.6. The van der Waals surface area contributed by atoms with Crippen LogP contribution in [0.15, 0.2) is 36.5 Å². The van der Waals surface area contributed by atoms with Crippen molar-refractivity contribution in [2.45, 2.75) is 25.9 Å². The third kappa shape index (κ3) is 2.93. The van der Waals surface area contributed by atoms with Crippen LogP contribution in [0.3, 0.4) is 0 Å². The van der Waals surface area contributed by atoms with Gasteiger partial charge in [0.05, 0.1) is 12.2 Å². The summed E-state index contributed by atoms with van der Waals surface area (Å²) in [5, 5.41) is 2.81. The Morgan fingerprint density at radius 2 is 2.32 bits per heavy atom. The van der Waals surface area contributed by atoms with Crippen molar-refractivity contribution in [3.8, 4) is 17.0 Å². The summed E-state index contributed by atoms with van der Waals surface area (Å²) < 4.78 is 19.8. The maximum absolute atomic E-state index is 13.9. The topological polar surface area (TPSA) is 51.2 Å². The van der Waals surface area contributed by atoms with Gasteiger partial charge < -0.3 is 10.1 Å². The van der Waals surface area contributed by atoms with E-state index in [0.717, 1.165) is 5.56 Å². The summed E-state index contributed by atoms with van der Waals surface area (Å²) in [5.74, 6) is 0.341. The molecule has 0 saturated heterocycles. The molecule has 1 amide bonds. The molecule has 2 aromatic rings. The number of benzene rings is 1. The number of fused-ring (bicyclic) bond motifs is 1. The van der Waals surface area contributed by atoms with Gasteiger partial charge in [-0.2, -0.15) is 0 Å². The quantitative estimate of drug-likeness (QED) is 0.944. The largest absolute Gasteiger partial charge is 0.487 e. The van der Waals surface area contributed by atoms with Crippen molar-refractivity contribution in [3.05, 3.63) is 47.9 Å². The summed E-state index contributed by atoms with van der Waals surface area (Å²) in [6.45, 7) is 2.22. The highest BCUT2D eigenvalue weighted by Crippen LogP contribution is 2.38. The normalized spacial score (nSPS) is 16.0. The lowest BCUT2D eigenvalue weighted by Crippen LogP contribution is -2.33. The molecule has 0 radical (unpaired) electrons. The van der Waals surface area contributed by atoms with E-state index in [4.69, 9.17) is 4.74 Å². The standard InChI is InChI=1S/C17H17FN2O2/c1-2-16(21)20-10-13-8-11-7-12(18)9-14(17(11)22-13)15-5-3-4-6-19-15/h3-7,9,13H,2,8,10H2,1H3,(H,20,21)/t13-/m1/s1. The molecule has 0 fully saturated rings. The van der Waals surface area contributed by atoms with E-state index >= 15 is 0 Å². The number of pyridine rings is 1. The van der Waals surface area contributed by atoms with Gasteiger partial charge in [0, 0.05) is 30.2 Å². The predicted molar refractivity (Wildman–Crippen MR) is 81.1 cm³/mol. The van der Waals surface area contributed by atoms with E-state index in [1.807, 2.05) is 18.2 Å². The van der Waals surface area contributed by atoms with Gasteiger partial charge in [0.1, 0.15) is 17.7 Å². The molecule has 0 saturated carbocycles. The molecular weight excluding hydrogens is 283 g/mol. The molecule has 0 unspecified atom stereocenters. The zero-order chi connectivity index (χ0) is 15.5. The zero-order valence-electron chi connectivity index (χ0n) is 12.3. The lowest BCUT2D eigenvalue weighted by atomic mass is 10.0. The highest BCUT2D eigenvalue weighted by atomic mass is 19.1. The molecule has 1 aromatic heterocycles. The second-order valence-corrected chi connectivity index (χ2v) is 5.26. The van der Waals surface area contributed by atoms with Crippen molar-refractivity contribution in [2.24, 2.45) is 0 Å². The van der Waals surface area contributed by atoms with E-state index in [-0.39, 0.29) is 17.8 Å². The lowest BCUT2D eigenvalue weighted by molar-refractivity contribution is -0.121. The molecule has 2 heterocycles. The third-order valence-corrected chi connectivity index (χ3v) is 3.65. The van der Waals surface area contributed by atoms with E-state index in [2.05, 4.69) is 10.3 Å². The molecule has 22 heavy (non-hydrogen) atoms. The minimum atomic E-state index is -0.304. The molecule has 5 heteroatoms. The smallest absolute Gasteiger partial charge is 0.219 e. The van der Waals surface area contributed by atoms with E-state index in [0.29, 0.717) is 36.4 Å². The molecular formula is C17H17FN2O2. The number of aromatic nitrogens is 1. The van der Waals surface area contributed by atoms with Gasteiger partial charge in [-0.05, 0) is 24.3 Å². The number of hydrogen-bond donors (Lipinski definition) is 1. The lowest BCUT2D eigenvalue weighted by Gasteiger charge is -2.13. The fourth-order valence-electron chi connectivity index (χ4n) is 2.57. The zero-order valence-corrected chi connectivity index (χ0v) is 12.3. The van der Waals surface area contributed by atoms with Crippen molar-refractivity contribution >= 4 is 5.91 Å². The van der Waals surface area contributed by atoms with Crippen molar-refractivity contribution in [1.82, 2.24) is 10.3 Å². The van der Waals surface area contributed by atoms with Crippen LogP contribution in [0.4, 0.5) is 4.39 Å². The summed E-state index contributed by atoms with van der Waals surface area (Å²) in [6, 6.07) is 8.42. The van der Waals surface area contributed by atoms with Gasteiger partial charge in [0.2, 0.25) is 5.91 Å². The molecule has 1 aliphatic heterocycles. The molecule has 114 valence electrons. The number of carbonyl (C=O) groups is 1. The molecule has 1 atom stereocenters. The highest BCUT2D eigenvalue weighted by Gasteiger charge is 2.27. The SMILES string of the molecule is CCC(=O)NC[C@H]1Cc2cc(F)cc(-c3ccccn3)c2O1. The van der Waals surface area contributed by atoms with Crippen molar-refractivity contribution in [2.75, 3.05) is 6.54 Å². The Bertz CT molecular complexity index is 689. The second-order valence-electron chi connectivity index (χ2n) is 5.26. The Labute approximate surface area is 128 Å². The van der Waals surface area contributed by atoms with Gasteiger partial charge in [-0.15, -0.1) is 0 Å². The first-order valence-electron chi connectivity index (χ1n) is 7.34. The van der Waals surface area contributed by atoms with E-state index in [9.17, 15) is 9.18 Å². The summed E-state index contributed by atoms with van der Waals surface area (Å²) >= 11 is 0. The Balaban J connectivity index is 1.85. The van der Waals surface area contributed by atoms with Crippen LogP contribution in [0.1, 0.15) is 18.9 Å². The fraction of sp³-hybridized carbons (Fsp3) is 0.294.